The van der Waals surface area contributed by atoms with Crippen LogP contribution in [-0.2, 0) is 4.43 Å². The summed E-state index contributed by atoms with van der Waals surface area (Å²) in [5.41, 5.74) is 0.273. The number of hydrogen-bond donors (Lipinski definition) is 0. The van der Waals surface area contributed by atoms with Gasteiger partial charge in [0.15, 0.2) is 8.32 Å². The van der Waals surface area contributed by atoms with E-state index < -0.39 is 8.32 Å². The van der Waals surface area contributed by atoms with Crippen LogP contribution in [0.15, 0.2) is 10.2 Å². The van der Waals surface area contributed by atoms with Gasteiger partial charge in [-0.15, -0.1) is 0 Å². The Bertz CT molecular complexity index is 283. The summed E-state index contributed by atoms with van der Waals surface area (Å²) in [7, 11) is -1.47. The molecular weight excluding hydrogens is 204 g/mol. The fraction of sp³-hybridized carbons (Fsp3) is 1.00. The van der Waals surface area contributed by atoms with E-state index in [1.807, 2.05) is 0 Å². The van der Waals surface area contributed by atoms with Crippen molar-refractivity contribution in [3.05, 3.63) is 0 Å². The summed E-state index contributed by atoms with van der Waals surface area (Å²) in [6.07, 6.45) is 1.50. The first-order valence-electron chi connectivity index (χ1n) is 5.84. The summed E-state index contributed by atoms with van der Waals surface area (Å²) < 4.78 is 6.31. The molecule has 0 aromatic heterocycles. The smallest absolute Gasteiger partial charge is 0.184 e. The summed E-state index contributed by atoms with van der Waals surface area (Å²) in [4.78, 5) is 0. The molecule has 1 fully saturated rings. The van der Waals surface area contributed by atoms with Crippen LogP contribution in [0.5, 0.6) is 0 Å². The molecule has 86 valence electrons. The van der Waals surface area contributed by atoms with E-state index in [9.17, 15) is 0 Å². The lowest BCUT2D eigenvalue weighted by molar-refractivity contribution is 0.0845. The van der Waals surface area contributed by atoms with Gasteiger partial charge in [-0.25, -0.2) is 0 Å². The molecule has 1 heterocycles. The Kier molecular flexibility index (Phi) is 2.54. The van der Waals surface area contributed by atoms with E-state index in [0.717, 1.165) is 6.54 Å². The maximum Gasteiger partial charge on any atom is 0.184 e. The van der Waals surface area contributed by atoms with E-state index >= 15 is 0 Å². The van der Waals surface area contributed by atoms with Gasteiger partial charge in [-0.3, -0.25) is 0 Å². The summed E-state index contributed by atoms with van der Waals surface area (Å²) in [5.74, 6) is 0.640. The summed E-state index contributed by atoms with van der Waals surface area (Å²) >= 11 is 0. The zero-order valence-electron chi connectivity index (χ0n) is 10.4. The van der Waals surface area contributed by atoms with Gasteiger partial charge < -0.3 is 4.43 Å². The third-order valence-electron chi connectivity index (χ3n) is 3.36. The third kappa shape index (κ3) is 2.16. The molecule has 0 amide bonds. The zero-order chi connectivity index (χ0) is 11.3. The lowest BCUT2D eigenvalue weighted by Crippen LogP contribution is -2.42. The predicted octanol–water partition coefficient (Wildman–Crippen LogP) is 3.09. The van der Waals surface area contributed by atoms with Crippen LogP contribution in [0.3, 0.4) is 0 Å². The van der Waals surface area contributed by atoms with Gasteiger partial charge in [-0.1, -0.05) is 13.8 Å². The molecule has 1 aliphatic heterocycles. The van der Waals surface area contributed by atoms with Crippen molar-refractivity contribution in [3.63, 3.8) is 0 Å². The predicted molar refractivity (Wildman–Crippen MR) is 63.6 cm³/mol. The molecule has 0 radical (unpaired) electrons. The minimum Gasteiger partial charge on any atom is -0.412 e. The summed E-state index contributed by atoms with van der Waals surface area (Å²) in [6, 6.07) is 0.340. The van der Waals surface area contributed by atoms with Gasteiger partial charge in [0.05, 0.1) is 12.6 Å². The van der Waals surface area contributed by atoms with Crippen molar-refractivity contribution in [2.24, 2.45) is 21.6 Å². The Morgan fingerprint density at radius 1 is 1.27 bits per heavy atom. The van der Waals surface area contributed by atoms with Crippen LogP contribution in [-0.4, -0.2) is 27.0 Å². The van der Waals surface area contributed by atoms with Crippen molar-refractivity contribution in [2.45, 2.75) is 52.1 Å². The molecule has 1 unspecified atom stereocenters. The van der Waals surface area contributed by atoms with Crippen molar-refractivity contribution in [3.8, 4) is 0 Å². The fourth-order valence-electron chi connectivity index (χ4n) is 2.81. The molecule has 0 saturated heterocycles. The highest BCUT2D eigenvalue weighted by molar-refractivity contribution is 6.69. The van der Waals surface area contributed by atoms with Crippen LogP contribution in [0.2, 0.25) is 19.6 Å². The van der Waals surface area contributed by atoms with Gasteiger partial charge in [0, 0.05) is 5.92 Å². The maximum atomic E-state index is 6.31. The van der Waals surface area contributed by atoms with E-state index in [1.54, 1.807) is 0 Å². The van der Waals surface area contributed by atoms with Crippen molar-refractivity contribution in [1.82, 2.24) is 0 Å². The van der Waals surface area contributed by atoms with Crippen LogP contribution in [0, 0.1) is 11.3 Å². The highest BCUT2D eigenvalue weighted by Crippen LogP contribution is 2.47. The summed E-state index contributed by atoms with van der Waals surface area (Å²) in [5, 5.41) is 8.56. The number of rotatable bonds is 2. The Hall–Kier alpha value is -0.223. The molecule has 2 rings (SSSR count). The molecule has 3 nitrogen and oxygen atoms in total. The number of nitrogens with zero attached hydrogens (tertiary/aromatic N) is 2. The number of fused-ring (bicyclic) bond motifs is 1. The first-order chi connectivity index (χ1) is 6.80. The quantitative estimate of drug-likeness (QED) is 0.666. The van der Waals surface area contributed by atoms with Gasteiger partial charge in [-0.05, 0) is 31.5 Å². The van der Waals surface area contributed by atoms with Crippen LogP contribution in [0.25, 0.3) is 0 Å². The second-order valence-corrected chi connectivity index (χ2v) is 11.0. The molecule has 0 aromatic rings. The first-order valence-corrected chi connectivity index (χ1v) is 9.25. The van der Waals surface area contributed by atoms with Crippen LogP contribution in [0.4, 0.5) is 0 Å². The Morgan fingerprint density at radius 3 is 2.53 bits per heavy atom. The SMILES string of the molecule is CC1(C)C[C@@H]2CN=N[C@@H]2C1O[Si](C)(C)C. The monoisotopic (exact) mass is 226 g/mol. The molecule has 15 heavy (non-hydrogen) atoms. The highest BCUT2D eigenvalue weighted by Gasteiger charge is 2.52. The maximum absolute atomic E-state index is 6.31. The average Bonchev–Trinajstić information content (AvgIpc) is 2.52. The van der Waals surface area contributed by atoms with Gasteiger partial charge in [0.2, 0.25) is 0 Å². The highest BCUT2D eigenvalue weighted by atomic mass is 28.4. The van der Waals surface area contributed by atoms with Crippen LogP contribution >= 0.6 is 0 Å². The molecule has 4 heteroatoms. The lowest BCUT2D eigenvalue weighted by Gasteiger charge is -2.34. The Labute approximate surface area is 93.4 Å². The van der Waals surface area contributed by atoms with Crippen LogP contribution in [0.1, 0.15) is 20.3 Å². The van der Waals surface area contributed by atoms with E-state index in [-0.39, 0.29) is 5.41 Å². The van der Waals surface area contributed by atoms with Crippen molar-refractivity contribution in [1.29, 1.82) is 0 Å². The van der Waals surface area contributed by atoms with Gasteiger partial charge in [-0.2, -0.15) is 10.2 Å². The molecule has 0 N–H and O–H groups in total. The minimum atomic E-state index is -1.47. The molecule has 0 aromatic carbocycles. The molecule has 1 aliphatic carbocycles. The first kappa shape index (κ1) is 11.3. The normalized spacial score (nSPS) is 38.3. The van der Waals surface area contributed by atoms with E-state index in [2.05, 4.69) is 43.7 Å². The van der Waals surface area contributed by atoms with Gasteiger partial charge in [0.1, 0.15) is 6.04 Å². The van der Waals surface area contributed by atoms with Crippen molar-refractivity contribution in [2.75, 3.05) is 6.54 Å². The summed E-state index contributed by atoms with van der Waals surface area (Å²) in [6.45, 7) is 12.3. The van der Waals surface area contributed by atoms with E-state index in [1.165, 1.54) is 6.42 Å². The van der Waals surface area contributed by atoms with Gasteiger partial charge >= 0.3 is 0 Å². The molecule has 0 spiro atoms. The average molecular weight is 226 g/mol. The second kappa shape index (κ2) is 3.38. The second-order valence-electron chi connectivity index (χ2n) is 6.53. The fourth-order valence-corrected chi connectivity index (χ4v) is 4.03. The topological polar surface area (TPSA) is 34.0 Å². The standard InChI is InChI=1S/C11H22N2OSi/c1-11(2)6-8-7-12-13-9(8)10(11)14-15(3,4)5/h8-10H,6-7H2,1-5H3/t8-,9+,10?/m1/s1. The molecule has 1 saturated carbocycles. The minimum absolute atomic E-state index is 0.273. The lowest BCUT2D eigenvalue weighted by atomic mass is 9.88. The van der Waals surface area contributed by atoms with Crippen LogP contribution < -0.4 is 0 Å². The van der Waals surface area contributed by atoms with E-state index in [0.29, 0.717) is 18.1 Å². The Balaban J connectivity index is 2.16. The van der Waals surface area contributed by atoms with Crippen molar-refractivity contribution >= 4 is 8.32 Å². The molecular formula is C11H22N2OSi. The Morgan fingerprint density at radius 2 is 1.93 bits per heavy atom. The third-order valence-corrected chi connectivity index (χ3v) is 4.32. The van der Waals surface area contributed by atoms with Gasteiger partial charge in [0.25, 0.3) is 0 Å². The van der Waals surface area contributed by atoms with Crippen molar-refractivity contribution < 1.29 is 4.43 Å². The zero-order valence-corrected chi connectivity index (χ0v) is 11.4. The largest absolute Gasteiger partial charge is 0.412 e. The number of azo groups is 1. The molecule has 3 atom stereocenters. The molecule has 0 bridgehead atoms. The molecule has 2 aliphatic rings. The van der Waals surface area contributed by atoms with E-state index in [4.69, 9.17) is 4.43 Å². The number of hydrogen-bond acceptors (Lipinski definition) is 3.